The molecule has 0 saturated heterocycles. The highest BCUT2D eigenvalue weighted by Crippen LogP contribution is 2.15. The normalized spacial score (nSPS) is 10.4. The van der Waals surface area contributed by atoms with Crippen LogP contribution >= 0.6 is 15.9 Å². The standard InChI is InChI=1S/C17H16BrN5O/c18-14-6-2-1-5-13(14)17(24)20-8-7-19-15-11-16(22-12-21-15)23-9-3-4-10-23/h1-6,9-12H,7-8H2,(H,20,24)(H,19,21,22). The number of nitrogens with one attached hydrogen (secondary N) is 2. The van der Waals surface area contributed by atoms with Crippen molar-refractivity contribution in [2.75, 3.05) is 18.4 Å². The van der Waals surface area contributed by atoms with Gasteiger partial charge in [0.2, 0.25) is 0 Å². The van der Waals surface area contributed by atoms with Gasteiger partial charge >= 0.3 is 0 Å². The molecule has 0 spiro atoms. The summed E-state index contributed by atoms with van der Waals surface area (Å²) in [5.74, 6) is 1.39. The lowest BCUT2D eigenvalue weighted by Crippen LogP contribution is -2.29. The van der Waals surface area contributed by atoms with Crippen LogP contribution in [0.2, 0.25) is 0 Å². The summed E-state index contributed by atoms with van der Waals surface area (Å²) in [6.45, 7) is 1.06. The van der Waals surface area contributed by atoms with E-state index in [0.717, 1.165) is 10.3 Å². The van der Waals surface area contributed by atoms with Crippen molar-refractivity contribution >= 4 is 27.7 Å². The van der Waals surface area contributed by atoms with Crippen molar-refractivity contribution in [2.24, 2.45) is 0 Å². The molecule has 2 N–H and O–H groups in total. The number of nitrogens with zero attached hydrogens (tertiary/aromatic N) is 3. The van der Waals surface area contributed by atoms with E-state index < -0.39 is 0 Å². The molecule has 7 heteroatoms. The second-order valence-electron chi connectivity index (χ2n) is 5.01. The third-order valence-corrected chi connectivity index (χ3v) is 4.05. The SMILES string of the molecule is O=C(NCCNc1cc(-n2cccc2)ncn1)c1ccccc1Br. The zero-order valence-electron chi connectivity index (χ0n) is 12.8. The van der Waals surface area contributed by atoms with Crippen molar-refractivity contribution < 1.29 is 4.79 Å². The van der Waals surface area contributed by atoms with Crippen LogP contribution < -0.4 is 10.6 Å². The van der Waals surface area contributed by atoms with Crippen LogP contribution in [0.15, 0.2) is 65.7 Å². The van der Waals surface area contributed by atoms with Crippen molar-refractivity contribution in [3.05, 3.63) is 71.2 Å². The summed E-state index contributed by atoms with van der Waals surface area (Å²) >= 11 is 3.37. The van der Waals surface area contributed by atoms with E-state index >= 15 is 0 Å². The molecule has 0 saturated carbocycles. The molecule has 0 aliphatic carbocycles. The van der Waals surface area contributed by atoms with Crippen LogP contribution in [0.4, 0.5) is 5.82 Å². The van der Waals surface area contributed by atoms with Crippen molar-refractivity contribution in [1.82, 2.24) is 19.9 Å². The van der Waals surface area contributed by atoms with Gasteiger partial charge in [0.25, 0.3) is 5.91 Å². The first-order valence-corrected chi connectivity index (χ1v) is 8.25. The zero-order chi connectivity index (χ0) is 16.8. The smallest absolute Gasteiger partial charge is 0.252 e. The molecule has 1 aromatic carbocycles. The molecule has 24 heavy (non-hydrogen) atoms. The monoisotopic (exact) mass is 385 g/mol. The summed E-state index contributed by atoms with van der Waals surface area (Å²) in [5.41, 5.74) is 0.620. The van der Waals surface area contributed by atoms with Crippen molar-refractivity contribution in [2.45, 2.75) is 0 Å². The Morgan fingerprint density at radius 2 is 1.88 bits per heavy atom. The fraction of sp³-hybridized carbons (Fsp3) is 0.118. The van der Waals surface area contributed by atoms with Gasteiger partial charge in [-0.05, 0) is 40.2 Å². The molecular formula is C17H16BrN5O. The van der Waals surface area contributed by atoms with E-state index in [0.29, 0.717) is 24.5 Å². The summed E-state index contributed by atoms with van der Waals surface area (Å²) in [7, 11) is 0. The molecule has 0 radical (unpaired) electrons. The Labute approximate surface area is 148 Å². The lowest BCUT2D eigenvalue weighted by Gasteiger charge is -2.09. The Morgan fingerprint density at radius 1 is 1.08 bits per heavy atom. The first kappa shape index (κ1) is 16.2. The molecule has 0 unspecified atom stereocenters. The minimum atomic E-state index is -0.111. The predicted octanol–water partition coefficient (Wildman–Crippen LogP) is 2.87. The van der Waals surface area contributed by atoms with E-state index in [-0.39, 0.29) is 5.91 Å². The molecule has 0 aliphatic rings. The highest BCUT2D eigenvalue weighted by molar-refractivity contribution is 9.10. The van der Waals surface area contributed by atoms with Crippen LogP contribution in [-0.2, 0) is 0 Å². The molecule has 122 valence electrons. The predicted molar refractivity (Wildman–Crippen MR) is 96.3 cm³/mol. The van der Waals surface area contributed by atoms with Crippen LogP contribution in [-0.4, -0.2) is 33.5 Å². The molecule has 1 amide bonds. The van der Waals surface area contributed by atoms with E-state index in [1.165, 1.54) is 6.33 Å². The number of anilines is 1. The summed E-state index contributed by atoms with van der Waals surface area (Å²) in [4.78, 5) is 20.5. The molecular weight excluding hydrogens is 370 g/mol. The van der Waals surface area contributed by atoms with Gasteiger partial charge in [0.1, 0.15) is 18.0 Å². The average Bonchev–Trinajstić information content (AvgIpc) is 3.14. The first-order chi connectivity index (χ1) is 11.7. The van der Waals surface area contributed by atoms with Crippen molar-refractivity contribution in [3.63, 3.8) is 0 Å². The second kappa shape index (κ2) is 7.74. The number of hydrogen-bond acceptors (Lipinski definition) is 4. The molecule has 3 rings (SSSR count). The average molecular weight is 386 g/mol. The molecule has 0 aliphatic heterocycles. The Morgan fingerprint density at radius 3 is 2.67 bits per heavy atom. The van der Waals surface area contributed by atoms with E-state index in [9.17, 15) is 4.79 Å². The largest absolute Gasteiger partial charge is 0.368 e. The van der Waals surface area contributed by atoms with Gasteiger partial charge in [-0.1, -0.05) is 12.1 Å². The number of amides is 1. The van der Waals surface area contributed by atoms with Gasteiger partial charge in [-0.25, -0.2) is 9.97 Å². The third kappa shape index (κ3) is 3.99. The Bertz CT molecular complexity index is 819. The molecule has 0 fully saturated rings. The fourth-order valence-electron chi connectivity index (χ4n) is 2.18. The number of aromatic nitrogens is 3. The lowest BCUT2D eigenvalue weighted by atomic mass is 10.2. The van der Waals surface area contributed by atoms with Crippen LogP contribution in [0.1, 0.15) is 10.4 Å². The van der Waals surface area contributed by atoms with Gasteiger partial charge < -0.3 is 15.2 Å². The topological polar surface area (TPSA) is 71.8 Å². The van der Waals surface area contributed by atoms with Gasteiger partial charge in [0, 0.05) is 36.0 Å². The Kier molecular flexibility index (Phi) is 5.22. The third-order valence-electron chi connectivity index (χ3n) is 3.36. The van der Waals surface area contributed by atoms with Crippen LogP contribution in [0.25, 0.3) is 5.82 Å². The van der Waals surface area contributed by atoms with Crippen molar-refractivity contribution in [3.8, 4) is 5.82 Å². The highest BCUT2D eigenvalue weighted by atomic mass is 79.9. The fourth-order valence-corrected chi connectivity index (χ4v) is 2.64. The van der Waals surface area contributed by atoms with Crippen LogP contribution in [0.5, 0.6) is 0 Å². The van der Waals surface area contributed by atoms with Gasteiger partial charge in [-0.2, -0.15) is 0 Å². The minimum Gasteiger partial charge on any atom is -0.368 e. The Hall–Kier alpha value is -2.67. The summed E-state index contributed by atoms with van der Waals surface area (Å²) in [5, 5.41) is 6.05. The highest BCUT2D eigenvalue weighted by Gasteiger charge is 2.08. The number of benzene rings is 1. The number of carbonyl (C=O) groups is 1. The van der Waals surface area contributed by atoms with Crippen LogP contribution in [0, 0.1) is 0 Å². The van der Waals surface area contributed by atoms with E-state index in [1.807, 2.05) is 53.4 Å². The minimum absolute atomic E-state index is 0.111. The van der Waals surface area contributed by atoms with E-state index in [4.69, 9.17) is 0 Å². The lowest BCUT2D eigenvalue weighted by molar-refractivity contribution is 0.0954. The molecule has 2 aromatic heterocycles. The van der Waals surface area contributed by atoms with Gasteiger partial charge in [-0.3, -0.25) is 4.79 Å². The molecule has 6 nitrogen and oxygen atoms in total. The molecule has 0 atom stereocenters. The maximum atomic E-state index is 12.1. The maximum absolute atomic E-state index is 12.1. The maximum Gasteiger partial charge on any atom is 0.252 e. The van der Waals surface area contributed by atoms with E-state index in [1.54, 1.807) is 6.07 Å². The number of halogens is 1. The van der Waals surface area contributed by atoms with Crippen molar-refractivity contribution in [1.29, 1.82) is 0 Å². The number of carbonyl (C=O) groups excluding carboxylic acids is 1. The van der Waals surface area contributed by atoms with Crippen LogP contribution in [0.3, 0.4) is 0 Å². The number of rotatable bonds is 6. The Balaban J connectivity index is 1.51. The second-order valence-corrected chi connectivity index (χ2v) is 5.87. The molecule has 3 aromatic rings. The number of hydrogen-bond donors (Lipinski definition) is 2. The summed E-state index contributed by atoms with van der Waals surface area (Å²) in [6, 6.07) is 13.1. The summed E-state index contributed by atoms with van der Waals surface area (Å²) in [6.07, 6.45) is 5.35. The first-order valence-electron chi connectivity index (χ1n) is 7.46. The van der Waals surface area contributed by atoms with Gasteiger partial charge in [-0.15, -0.1) is 0 Å². The molecule has 2 heterocycles. The molecule has 0 bridgehead atoms. The quantitative estimate of drug-likeness (QED) is 0.639. The van der Waals surface area contributed by atoms with Gasteiger partial charge in [0.05, 0.1) is 5.56 Å². The summed E-state index contributed by atoms with van der Waals surface area (Å²) < 4.78 is 2.68. The van der Waals surface area contributed by atoms with Gasteiger partial charge in [0.15, 0.2) is 0 Å². The zero-order valence-corrected chi connectivity index (χ0v) is 14.4. The van der Waals surface area contributed by atoms with E-state index in [2.05, 4.69) is 36.5 Å².